The molecule has 0 aliphatic heterocycles. The Bertz CT molecular complexity index is 453. The molecule has 0 radical (unpaired) electrons. The molecule has 0 spiro atoms. The van der Waals surface area contributed by atoms with E-state index in [9.17, 15) is 0 Å². The zero-order valence-electron chi connectivity index (χ0n) is 25.5. The maximum absolute atomic E-state index is 3.70. The summed E-state index contributed by atoms with van der Waals surface area (Å²) in [5, 5.41) is 7.40. The summed E-state index contributed by atoms with van der Waals surface area (Å²) < 4.78 is 0. The van der Waals surface area contributed by atoms with Crippen molar-refractivity contribution in [1.29, 1.82) is 0 Å². The number of nitrogens with zero attached hydrogens (tertiary/aromatic N) is 3. The molecule has 2 N–H and O–H groups in total. The molecule has 33 heavy (non-hydrogen) atoms. The molecule has 0 unspecified atom stereocenters. The molecule has 0 saturated heterocycles. The first kappa shape index (κ1) is 32.8. The quantitative estimate of drug-likeness (QED) is 0.390. The molecule has 5 heteroatoms. The minimum atomic E-state index is 0.176. The Morgan fingerprint density at radius 1 is 0.364 bits per heavy atom. The van der Waals surface area contributed by atoms with Gasteiger partial charge in [-0.3, -0.25) is 14.7 Å². The summed E-state index contributed by atoms with van der Waals surface area (Å²) in [6.07, 6.45) is 0. The van der Waals surface area contributed by atoms with Gasteiger partial charge in [-0.05, 0) is 104 Å². The van der Waals surface area contributed by atoms with Crippen molar-refractivity contribution in [2.75, 3.05) is 52.4 Å². The van der Waals surface area contributed by atoms with Crippen LogP contribution in [0, 0.1) is 0 Å². The van der Waals surface area contributed by atoms with E-state index in [1.54, 1.807) is 0 Å². The molecular formula is C28H63N5. The normalized spacial score (nSPS) is 14.7. The molecule has 0 bridgehead atoms. The van der Waals surface area contributed by atoms with Crippen LogP contribution in [0.25, 0.3) is 0 Å². The number of hydrogen-bond donors (Lipinski definition) is 2. The molecule has 0 heterocycles. The van der Waals surface area contributed by atoms with E-state index in [4.69, 9.17) is 0 Å². The monoisotopic (exact) mass is 470 g/mol. The number of nitrogens with one attached hydrogen (secondary N) is 2. The van der Waals surface area contributed by atoms with Crippen LogP contribution in [0.4, 0.5) is 0 Å². The van der Waals surface area contributed by atoms with Gasteiger partial charge in [-0.25, -0.2) is 0 Å². The third-order valence-electron chi connectivity index (χ3n) is 6.33. The van der Waals surface area contributed by atoms with Crippen molar-refractivity contribution >= 4 is 0 Å². The van der Waals surface area contributed by atoms with Gasteiger partial charge in [0.2, 0.25) is 0 Å². The Kier molecular flexibility index (Phi) is 12.6. The number of hydrogen-bond acceptors (Lipinski definition) is 5. The lowest BCUT2D eigenvalue weighted by Crippen LogP contribution is -2.55. The van der Waals surface area contributed by atoms with Crippen LogP contribution >= 0.6 is 0 Å². The van der Waals surface area contributed by atoms with E-state index in [1.165, 1.54) is 0 Å². The van der Waals surface area contributed by atoms with Gasteiger partial charge in [-0.2, -0.15) is 0 Å². The Morgan fingerprint density at radius 2 is 0.606 bits per heavy atom. The summed E-state index contributed by atoms with van der Waals surface area (Å²) >= 11 is 0. The van der Waals surface area contributed by atoms with Gasteiger partial charge in [-0.15, -0.1) is 0 Å². The lowest BCUT2D eigenvalue weighted by Gasteiger charge is -2.45. The van der Waals surface area contributed by atoms with E-state index in [2.05, 4.69) is 129 Å². The summed E-state index contributed by atoms with van der Waals surface area (Å²) in [5.74, 6) is 0. The van der Waals surface area contributed by atoms with Crippen LogP contribution < -0.4 is 10.6 Å². The fourth-order valence-electron chi connectivity index (χ4n) is 5.20. The molecule has 0 aliphatic carbocycles. The molecule has 0 atom stereocenters. The van der Waals surface area contributed by atoms with Gasteiger partial charge >= 0.3 is 0 Å². The Hall–Kier alpha value is -0.200. The molecule has 0 aromatic carbocycles. The highest BCUT2D eigenvalue weighted by Gasteiger charge is 2.31. The highest BCUT2D eigenvalue weighted by Crippen LogP contribution is 2.24. The predicted molar refractivity (Wildman–Crippen MR) is 149 cm³/mol. The van der Waals surface area contributed by atoms with Gasteiger partial charge in [0.1, 0.15) is 0 Å². The van der Waals surface area contributed by atoms with E-state index < -0.39 is 0 Å². The van der Waals surface area contributed by atoms with Crippen molar-refractivity contribution in [2.24, 2.45) is 0 Å². The Balaban J connectivity index is 4.51. The van der Waals surface area contributed by atoms with Crippen LogP contribution in [0.1, 0.15) is 104 Å². The first-order valence-electron chi connectivity index (χ1n) is 13.3. The van der Waals surface area contributed by atoms with Gasteiger partial charge in [0, 0.05) is 80.1 Å². The van der Waals surface area contributed by atoms with Gasteiger partial charge in [0.15, 0.2) is 0 Å². The molecule has 0 aromatic rings. The van der Waals surface area contributed by atoms with Crippen molar-refractivity contribution in [3.05, 3.63) is 0 Å². The van der Waals surface area contributed by atoms with Gasteiger partial charge in [0.05, 0.1) is 0 Å². The molecule has 0 aliphatic rings. The second kappa shape index (κ2) is 12.7. The molecule has 0 fully saturated rings. The van der Waals surface area contributed by atoms with E-state index in [0.717, 1.165) is 52.4 Å². The van der Waals surface area contributed by atoms with Gasteiger partial charge < -0.3 is 10.6 Å². The van der Waals surface area contributed by atoms with E-state index >= 15 is 0 Å². The van der Waals surface area contributed by atoms with Crippen molar-refractivity contribution < 1.29 is 0 Å². The van der Waals surface area contributed by atoms with Crippen LogP contribution in [0.2, 0.25) is 0 Å². The lowest BCUT2D eigenvalue weighted by atomic mass is 9.96. The van der Waals surface area contributed by atoms with Crippen LogP contribution in [0.15, 0.2) is 0 Å². The first-order valence-corrected chi connectivity index (χ1v) is 13.3. The van der Waals surface area contributed by atoms with Crippen molar-refractivity contribution in [1.82, 2.24) is 25.3 Å². The minimum absolute atomic E-state index is 0.176. The largest absolute Gasteiger partial charge is 0.314 e. The van der Waals surface area contributed by atoms with Crippen LogP contribution in [0.5, 0.6) is 0 Å². The minimum Gasteiger partial charge on any atom is -0.314 e. The van der Waals surface area contributed by atoms with Crippen molar-refractivity contribution in [3.63, 3.8) is 0 Å². The Morgan fingerprint density at radius 3 is 0.818 bits per heavy atom. The second-order valence-electron chi connectivity index (χ2n) is 14.6. The third-order valence-corrected chi connectivity index (χ3v) is 6.33. The molecule has 5 nitrogen and oxygen atoms in total. The van der Waals surface area contributed by atoms with Crippen LogP contribution in [-0.4, -0.2) is 94.8 Å². The van der Waals surface area contributed by atoms with Crippen molar-refractivity contribution in [2.45, 2.75) is 132 Å². The molecule has 200 valence electrons. The lowest BCUT2D eigenvalue weighted by molar-refractivity contribution is 0.0391. The van der Waals surface area contributed by atoms with E-state index in [-0.39, 0.29) is 27.7 Å². The molecule has 0 saturated carbocycles. The zero-order chi connectivity index (χ0) is 26.3. The van der Waals surface area contributed by atoms with E-state index in [0.29, 0.717) is 0 Å². The highest BCUT2D eigenvalue weighted by atomic mass is 15.3. The van der Waals surface area contributed by atoms with Gasteiger partial charge in [-0.1, -0.05) is 0 Å². The van der Waals surface area contributed by atoms with Crippen LogP contribution in [0.3, 0.4) is 0 Å². The summed E-state index contributed by atoms with van der Waals surface area (Å²) in [7, 11) is 0. The molecule has 0 amide bonds. The second-order valence-corrected chi connectivity index (χ2v) is 14.6. The fourth-order valence-corrected chi connectivity index (χ4v) is 5.20. The summed E-state index contributed by atoms with van der Waals surface area (Å²) in [5.41, 5.74) is 0.892. The van der Waals surface area contributed by atoms with E-state index in [1.807, 2.05) is 0 Å². The SMILES string of the molecule is CC(C)(C)N(CCNCCN(C(C)(C)C)C(C)(C)C)CCNCCN(C(C)(C)C)C(C)(C)C. The smallest absolute Gasteiger partial charge is 0.0130 e. The average molecular weight is 470 g/mol. The fraction of sp³-hybridized carbons (Fsp3) is 1.00. The van der Waals surface area contributed by atoms with Crippen molar-refractivity contribution in [3.8, 4) is 0 Å². The highest BCUT2D eigenvalue weighted by molar-refractivity contribution is 4.88. The predicted octanol–water partition coefficient (Wildman–Crippen LogP) is 5.06. The first-order chi connectivity index (χ1) is 14.6. The molecule has 0 aromatic heterocycles. The maximum Gasteiger partial charge on any atom is 0.0130 e. The topological polar surface area (TPSA) is 33.8 Å². The Labute approximate surface area is 209 Å². The standard InChI is InChI=1S/C28H63N5/c1-24(2,3)31(20-16-29-18-22-32(25(4,5)6)26(7,8)9)21-17-30-19-23-33(27(10,11)12)28(13,14)15/h29-30H,16-23H2,1-15H3. The van der Waals surface area contributed by atoms with Gasteiger partial charge in [0.25, 0.3) is 0 Å². The van der Waals surface area contributed by atoms with Crippen LogP contribution in [-0.2, 0) is 0 Å². The molecule has 0 rings (SSSR count). The average Bonchev–Trinajstić information content (AvgIpc) is 2.52. The maximum atomic E-state index is 3.70. The number of rotatable bonds is 12. The third kappa shape index (κ3) is 13.5. The summed E-state index contributed by atoms with van der Waals surface area (Å²) in [6.45, 7) is 43.2. The summed E-state index contributed by atoms with van der Waals surface area (Å²) in [6, 6.07) is 0. The zero-order valence-corrected chi connectivity index (χ0v) is 25.5. The summed E-state index contributed by atoms with van der Waals surface area (Å²) in [4.78, 5) is 7.79. The molecular weight excluding hydrogens is 406 g/mol.